The number of hydrogen-bond acceptors (Lipinski definition) is 34. The van der Waals surface area contributed by atoms with E-state index in [2.05, 4.69) is 16.0 Å². The van der Waals surface area contributed by atoms with Crippen molar-refractivity contribution in [3.8, 4) is 0 Å². The van der Waals surface area contributed by atoms with Crippen molar-refractivity contribution >= 4 is 17.7 Å². The second-order valence-corrected chi connectivity index (χ2v) is 21.8. The molecule has 0 saturated carbocycles. The van der Waals surface area contributed by atoms with Crippen molar-refractivity contribution in [1.29, 1.82) is 0 Å². The molecule has 7 aliphatic heterocycles. The summed E-state index contributed by atoms with van der Waals surface area (Å²) in [5.74, 6) is -2.50. The fourth-order valence-electron chi connectivity index (χ4n) is 11.0. The Kier molecular flexibility index (Phi) is 24.5. The molecule has 0 aliphatic carbocycles. The highest BCUT2D eigenvalue weighted by molar-refractivity contribution is 5.74. The second kappa shape index (κ2) is 29.9. The lowest BCUT2D eigenvalue weighted by atomic mass is 9.94. The minimum atomic E-state index is -2.18. The van der Waals surface area contributed by atoms with Crippen molar-refractivity contribution in [3.63, 3.8) is 0 Å². The average molecular weight is 1240 g/mol. The topological polar surface area (TPSA) is 571 Å². The Balaban J connectivity index is 1.16. The highest BCUT2D eigenvalue weighted by Gasteiger charge is 2.59. The van der Waals surface area contributed by atoms with Gasteiger partial charge in [0, 0.05) is 20.8 Å². The van der Waals surface area contributed by atoms with Gasteiger partial charge in [-0.1, -0.05) is 0 Å². The maximum absolute atomic E-state index is 12.7. The first-order valence-electron chi connectivity index (χ1n) is 27.3. The van der Waals surface area contributed by atoms with E-state index in [1.54, 1.807) is 0 Å². The Morgan fingerprint density at radius 2 is 0.718 bits per heavy atom. The van der Waals surface area contributed by atoms with Crippen LogP contribution < -0.4 is 16.0 Å². The van der Waals surface area contributed by atoms with E-state index in [-0.39, 0.29) is 0 Å². The molecule has 0 bridgehead atoms. The Morgan fingerprint density at radius 1 is 0.329 bits per heavy atom. The first kappa shape index (κ1) is 69.6. The molecule has 35 atom stereocenters. The van der Waals surface area contributed by atoms with Crippen molar-refractivity contribution in [2.24, 2.45) is 0 Å². The van der Waals surface area contributed by atoms with Gasteiger partial charge in [0.1, 0.15) is 159 Å². The van der Waals surface area contributed by atoms with Gasteiger partial charge >= 0.3 is 0 Å². The predicted molar refractivity (Wildman–Crippen MR) is 264 cm³/mol. The molecule has 7 fully saturated rings. The van der Waals surface area contributed by atoms with Gasteiger partial charge in [-0.05, 0) is 13.8 Å². The van der Waals surface area contributed by atoms with Crippen molar-refractivity contribution in [1.82, 2.24) is 16.0 Å². The van der Waals surface area contributed by atoms with Crippen LogP contribution in [0.2, 0.25) is 0 Å². The summed E-state index contributed by atoms with van der Waals surface area (Å²) in [6.45, 7) is 0.745. The van der Waals surface area contributed by atoms with Gasteiger partial charge in [-0.15, -0.1) is 0 Å². The van der Waals surface area contributed by atoms with Crippen molar-refractivity contribution in [2.75, 3.05) is 33.0 Å². The largest absolute Gasteiger partial charge is 0.394 e. The first-order chi connectivity index (χ1) is 40.1. The Bertz CT molecular complexity index is 2150. The number of aliphatic hydroxyl groups excluding tert-OH is 18. The molecule has 7 rings (SSSR count). The smallest absolute Gasteiger partial charge is 0.217 e. The summed E-state index contributed by atoms with van der Waals surface area (Å²) in [6, 6.07) is -5.23. The highest BCUT2D eigenvalue weighted by atomic mass is 16.8. The minimum absolute atomic E-state index is 0.801. The third-order valence-corrected chi connectivity index (χ3v) is 15.7. The number of carbonyl (C=O) groups is 3. The van der Waals surface area contributed by atoms with E-state index < -0.39 is 266 Å². The van der Waals surface area contributed by atoms with Crippen molar-refractivity contribution in [2.45, 2.75) is 249 Å². The van der Waals surface area contributed by atoms with Gasteiger partial charge in [-0.2, -0.15) is 0 Å². The number of rotatable bonds is 20. The number of nitrogens with one attached hydrogen (secondary N) is 3. The predicted octanol–water partition coefficient (Wildman–Crippen LogP) is -13.8. The number of carbonyl (C=O) groups excluding carboxylic acids is 3. The average Bonchev–Trinajstić information content (AvgIpc) is 1.90. The van der Waals surface area contributed by atoms with Gasteiger partial charge in [0.25, 0.3) is 0 Å². The molecule has 1 unspecified atom stereocenters. The molecule has 37 heteroatoms. The normalized spacial score (nSPS) is 49.8. The molecular formula is C48H81N3O34. The van der Waals surface area contributed by atoms with Gasteiger partial charge in [0.05, 0.1) is 45.2 Å². The van der Waals surface area contributed by atoms with E-state index in [1.807, 2.05) is 0 Å². The molecule has 7 saturated heterocycles. The van der Waals surface area contributed by atoms with E-state index in [4.69, 9.17) is 61.6 Å². The summed E-state index contributed by atoms with van der Waals surface area (Å²) >= 11 is 0. The molecule has 7 aliphatic rings. The minimum Gasteiger partial charge on any atom is -0.394 e. The molecule has 7 heterocycles. The van der Waals surface area contributed by atoms with Gasteiger partial charge < -0.3 is 169 Å². The third-order valence-electron chi connectivity index (χ3n) is 15.7. The van der Waals surface area contributed by atoms with Crippen LogP contribution in [0.3, 0.4) is 0 Å². The molecule has 0 aromatic heterocycles. The van der Waals surface area contributed by atoms with Crippen LogP contribution in [-0.2, 0) is 76.0 Å². The molecule has 37 nitrogen and oxygen atoms in total. The Hall–Kier alpha value is -2.83. The zero-order valence-electron chi connectivity index (χ0n) is 46.3. The SMILES string of the molecule is CC(=O)N[C@H]1[C@H](OC[C@H]2OC(O)[C@H](NC(C)=O)[C@@H](O[C@@H]3O[C@H](CO)[C@H](O)[C@H](O[C@@H]4O[C@H](CO)[C@@H](O)[C@H](O)[C@H]4NC(C)=O)[C@H]3O[C@@H]3O[C@@H](C)[C@@H](O)[C@@H](O)[C@@H]3O)[C@H]2O)O[C@H](CO)[C@@H](O[C@@H]2O[C@H](CO)[C@H](O)[C@H](O)[C@H]2O[C@@H]2O[C@@H](C)[C@@H](O)[C@@H](O)[C@@H]2O)[C@@H]1O. The maximum atomic E-state index is 12.7. The van der Waals surface area contributed by atoms with Gasteiger partial charge in [0.2, 0.25) is 17.7 Å². The monoisotopic (exact) mass is 1240 g/mol. The summed E-state index contributed by atoms with van der Waals surface area (Å²) in [5.41, 5.74) is 0. The number of amides is 3. The molecule has 0 radical (unpaired) electrons. The summed E-state index contributed by atoms with van der Waals surface area (Å²) in [6.07, 6.45) is -59.9. The van der Waals surface area contributed by atoms with Crippen LogP contribution in [-0.4, -0.2) is 357 Å². The van der Waals surface area contributed by atoms with Crippen molar-refractivity contribution in [3.05, 3.63) is 0 Å². The molecule has 21 N–H and O–H groups in total. The second-order valence-electron chi connectivity index (χ2n) is 21.8. The van der Waals surface area contributed by atoms with Gasteiger partial charge in [0.15, 0.2) is 44.0 Å². The molecule has 492 valence electrons. The summed E-state index contributed by atoms with van der Waals surface area (Å²) in [5, 5.41) is 204. The van der Waals surface area contributed by atoms with Crippen molar-refractivity contribution < 1.29 is 168 Å². The van der Waals surface area contributed by atoms with Crippen LogP contribution in [0, 0.1) is 0 Å². The molecular weight excluding hydrogens is 1160 g/mol. The Morgan fingerprint density at radius 3 is 1.22 bits per heavy atom. The van der Waals surface area contributed by atoms with Crippen LogP contribution in [0.5, 0.6) is 0 Å². The number of ether oxygens (including phenoxy) is 13. The molecule has 3 amide bonds. The number of hydrogen-bond donors (Lipinski definition) is 21. The van der Waals surface area contributed by atoms with Gasteiger partial charge in [-0.25, -0.2) is 0 Å². The molecule has 85 heavy (non-hydrogen) atoms. The maximum Gasteiger partial charge on any atom is 0.217 e. The highest BCUT2D eigenvalue weighted by Crippen LogP contribution is 2.38. The molecule has 0 aromatic carbocycles. The summed E-state index contributed by atoms with van der Waals surface area (Å²) in [7, 11) is 0. The van der Waals surface area contributed by atoms with Crippen LogP contribution in [0.4, 0.5) is 0 Å². The van der Waals surface area contributed by atoms with Crippen LogP contribution in [0.15, 0.2) is 0 Å². The first-order valence-corrected chi connectivity index (χ1v) is 27.3. The van der Waals surface area contributed by atoms with Crippen LogP contribution in [0.1, 0.15) is 34.6 Å². The fourth-order valence-corrected chi connectivity index (χ4v) is 11.0. The molecule has 0 aromatic rings. The number of aliphatic hydroxyl groups is 18. The van der Waals surface area contributed by atoms with Crippen LogP contribution >= 0.6 is 0 Å². The van der Waals surface area contributed by atoms with E-state index in [0.717, 1.165) is 20.8 Å². The standard InChI is InChI=1S/C48H81N3O34/c1-11-24(59)32(67)35(70)45(74-11)84-40-34(69)27(62)17(7-53)78-47(40)81-37-19(9-55)80-43(22(31(37)66)50-14(4)57)73-10-20-29(64)38(23(42(72)76-20)51-15(5)58)82-48-41(85-46-36(71)33(68)25(60)12(2)75-46)39(28(63)18(8-54)79-48)83-44-21(49-13(3)56)30(65)26(61)16(6-52)77-44/h11-12,16-48,52-55,59-72H,6-10H2,1-5H3,(H,49,56)(H,50,57)(H,51,58)/t11-,12-,16+,17+,18+,19+,20+,21+,22+,23+,24+,25+,26+,27-,28-,29-,30+,31+,32+,33+,34-,35-,36-,37+,38+,39-,40+,41+,42?,43+,44-,45-,46-,47-,48-/m0/s1. The fraction of sp³-hybridized carbons (Fsp3) is 0.938. The van der Waals surface area contributed by atoms with E-state index in [1.165, 1.54) is 13.8 Å². The third kappa shape index (κ3) is 15.3. The van der Waals surface area contributed by atoms with E-state index >= 15 is 0 Å². The quantitative estimate of drug-likeness (QED) is 0.0538. The van der Waals surface area contributed by atoms with Crippen LogP contribution in [0.25, 0.3) is 0 Å². The Labute approximate surface area is 483 Å². The molecule has 0 spiro atoms. The lowest BCUT2D eigenvalue weighted by molar-refractivity contribution is -0.397. The summed E-state index contributed by atoms with van der Waals surface area (Å²) in [4.78, 5) is 37.8. The van der Waals surface area contributed by atoms with E-state index in [0.29, 0.717) is 0 Å². The van der Waals surface area contributed by atoms with E-state index in [9.17, 15) is 106 Å². The zero-order valence-corrected chi connectivity index (χ0v) is 46.3. The van der Waals surface area contributed by atoms with Gasteiger partial charge in [-0.3, -0.25) is 14.4 Å². The summed E-state index contributed by atoms with van der Waals surface area (Å²) < 4.78 is 76.6. The zero-order chi connectivity index (χ0) is 62.8. The lowest BCUT2D eigenvalue weighted by Gasteiger charge is -2.51. The lowest BCUT2D eigenvalue weighted by Crippen LogP contribution is -2.70.